The lowest BCUT2D eigenvalue weighted by Crippen LogP contribution is -2.49. The molecule has 5 nitrogen and oxygen atoms in total. The second kappa shape index (κ2) is 7.45. The maximum Gasteiger partial charge on any atom is 0.417 e. The molecule has 0 atom stereocenters. The van der Waals surface area contributed by atoms with E-state index < -0.39 is 11.7 Å². The average Bonchev–Trinajstić information content (AvgIpc) is 2.67. The monoisotopic (exact) mass is 394 g/mol. The van der Waals surface area contributed by atoms with E-state index in [1.165, 1.54) is 6.07 Å². The van der Waals surface area contributed by atoms with Crippen molar-refractivity contribution in [3.63, 3.8) is 0 Å². The van der Waals surface area contributed by atoms with Crippen molar-refractivity contribution in [1.29, 1.82) is 5.26 Å². The summed E-state index contributed by atoms with van der Waals surface area (Å²) in [6.45, 7) is 1.52. The van der Waals surface area contributed by atoms with Gasteiger partial charge in [-0.15, -0.1) is 0 Å². The van der Waals surface area contributed by atoms with Gasteiger partial charge in [0, 0.05) is 37.9 Å². The van der Waals surface area contributed by atoms with Crippen LogP contribution in [-0.2, 0) is 6.18 Å². The fraction of sp³-hybridized carbons (Fsp3) is 0.278. The van der Waals surface area contributed by atoms with Gasteiger partial charge < -0.3 is 9.80 Å². The molecule has 0 spiro atoms. The summed E-state index contributed by atoms with van der Waals surface area (Å²) in [4.78, 5) is 19.8. The fourth-order valence-electron chi connectivity index (χ4n) is 2.84. The van der Waals surface area contributed by atoms with Crippen molar-refractivity contribution in [2.75, 3.05) is 31.1 Å². The van der Waals surface area contributed by atoms with Gasteiger partial charge in [-0.05, 0) is 24.3 Å². The third-order valence-corrected chi connectivity index (χ3v) is 4.53. The molecule has 3 rings (SSSR count). The van der Waals surface area contributed by atoms with Gasteiger partial charge in [-0.2, -0.15) is 18.4 Å². The van der Waals surface area contributed by atoms with E-state index in [9.17, 15) is 18.0 Å². The Morgan fingerprint density at radius 1 is 1.19 bits per heavy atom. The summed E-state index contributed by atoms with van der Waals surface area (Å²) in [5.41, 5.74) is -0.0733. The largest absolute Gasteiger partial charge is 0.417 e. The first-order valence-corrected chi connectivity index (χ1v) is 8.44. The maximum absolute atomic E-state index is 12.7. The first-order chi connectivity index (χ1) is 12.8. The van der Waals surface area contributed by atoms with Crippen LogP contribution < -0.4 is 4.90 Å². The smallest absolute Gasteiger partial charge is 0.352 e. The SMILES string of the molecule is N#Cc1cccc(C(=O)N2CCN(c3ncc(C(F)(F)F)cc3Cl)CC2)c1. The third-order valence-electron chi connectivity index (χ3n) is 4.25. The first-order valence-electron chi connectivity index (χ1n) is 8.06. The zero-order chi connectivity index (χ0) is 19.6. The number of hydrogen-bond acceptors (Lipinski definition) is 4. The van der Waals surface area contributed by atoms with E-state index in [1.807, 2.05) is 6.07 Å². The molecule has 2 heterocycles. The molecule has 1 aromatic heterocycles. The van der Waals surface area contributed by atoms with Crippen LogP contribution in [0.25, 0.3) is 0 Å². The Kier molecular flexibility index (Phi) is 5.24. The highest BCUT2D eigenvalue weighted by atomic mass is 35.5. The molecule has 1 amide bonds. The van der Waals surface area contributed by atoms with Gasteiger partial charge in [0.15, 0.2) is 0 Å². The van der Waals surface area contributed by atoms with Gasteiger partial charge in [0.25, 0.3) is 5.91 Å². The lowest BCUT2D eigenvalue weighted by Gasteiger charge is -2.35. The highest BCUT2D eigenvalue weighted by Gasteiger charge is 2.32. The lowest BCUT2D eigenvalue weighted by molar-refractivity contribution is -0.137. The molecule has 0 radical (unpaired) electrons. The number of carbonyl (C=O) groups excluding carboxylic acids is 1. The van der Waals surface area contributed by atoms with Crippen molar-refractivity contribution in [2.45, 2.75) is 6.18 Å². The van der Waals surface area contributed by atoms with Crippen molar-refractivity contribution in [2.24, 2.45) is 0 Å². The second-order valence-electron chi connectivity index (χ2n) is 6.00. The molecular weight excluding hydrogens is 381 g/mol. The standard InChI is InChI=1S/C18H14ClF3N4O/c19-15-9-14(18(20,21)22)11-24-16(15)25-4-6-26(7-5-25)17(27)13-3-1-2-12(8-13)10-23/h1-3,8-9,11H,4-7H2. The van der Waals surface area contributed by atoms with Crippen LogP contribution in [0.4, 0.5) is 19.0 Å². The molecule has 1 fully saturated rings. The summed E-state index contributed by atoms with van der Waals surface area (Å²) in [5, 5.41) is 8.86. The summed E-state index contributed by atoms with van der Waals surface area (Å²) in [7, 11) is 0. The van der Waals surface area contributed by atoms with E-state index in [1.54, 1.807) is 28.0 Å². The number of nitrogens with zero attached hydrogens (tertiary/aromatic N) is 4. The number of benzene rings is 1. The van der Waals surface area contributed by atoms with Crippen molar-refractivity contribution < 1.29 is 18.0 Å². The quantitative estimate of drug-likeness (QED) is 0.781. The lowest BCUT2D eigenvalue weighted by atomic mass is 10.1. The summed E-state index contributed by atoms with van der Waals surface area (Å²) in [5.74, 6) is 0.0708. The predicted octanol–water partition coefficient (Wildman–Crippen LogP) is 3.59. The van der Waals surface area contributed by atoms with Gasteiger partial charge in [0.2, 0.25) is 0 Å². The van der Waals surface area contributed by atoms with Crippen molar-refractivity contribution >= 4 is 23.3 Å². The summed E-state index contributed by atoms with van der Waals surface area (Å²) in [6, 6.07) is 9.29. The summed E-state index contributed by atoms with van der Waals surface area (Å²) < 4.78 is 38.2. The molecule has 2 aromatic rings. The second-order valence-corrected chi connectivity index (χ2v) is 6.41. The predicted molar refractivity (Wildman–Crippen MR) is 93.5 cm³/mol. The molecule has 1 aliphatic rings. The molecule has 0 saturated carbocycles. The number of piperazine rings is 1. The van der Waals surface area contributed by atoms with Gasteiger partial charge in [-0.3, -0.25) is 4.79 Å². The molecule has 0 bridgehead atoms. The molecule has 140 valence electrons. The minimum absolute atomic E-state index is 0.0775. The topological polar surface area (TPSA) is 60.2 Å². The van der Waals surface area contributed by atoms with Crippen LogP contribution >= 0.6 is 11.6 Å². The van der Waals surface area contributed by atoms with Crippen molar-refractivity contribution in [1.82, 2.24) is 9.88 Å². The average molecular weight is 395 g/mol. The number of nitriles is 1. The number of alkyl halides is 3. The maximum atomic E-state index is 12.7. The van der Waals surface area contributed by atoms with E-state index >= 15 is 0 Å². The van der Waals surface area contributed by atoms with Gasteiger partial charge in [0.05, 0.1) is 22.2 Å². The number of amides is 1. The van der Waals surface area contributed by atoms with E-state index in [0.29, 0.717) is 37.3 Å². The molecule has 9 heteroatoms. The van der Waals surface area contributed by atoms with E-state index in [0.717, 1.165) is 12.3 Å². The zero-order valence-corrected chi connectivity index (χ0v) is 14.8. The summed E-state index contributed by atoms with van der Waals surface area (Å²) >= 11 is 5.98. The van der Waals surface area contributed by atoms with Crippen LogP contribution in [0, 0.1) is 11.3 Å². The van der Waals surface area contributed by atoms with Crippen LogP contribution in [0.5, 0.6) is 0 Å². The number of aromatic nitrogens is 1. The Balaban J connectivity index is 1.68. The number of hydrogen-bond donors (Lipinski definition) is 0. The highest BCUT2D eigenvalue weighted by molar-refractivity contribution is 6.33. The molecule has 27 heavy (non-hydrogen) atoms. The number of carbonyl (C=O) groups is 1. The summed E-state index contributed by atoms with van der Waals surface area (Å²) in [6.07, 6.45) is -3.75. The Morgan fingerprint density at radius 3 is 2.48 bits per heavy atom. The van der Waals surface area contributed by atoms with Crippen LogP contribution in [0.3, 0.4) is 0 Å². The van der Waals surface area contributed by atoms with Crippen molar-refractivity contribution in [3.8, 4) is 6.07 Å². The van der Waals surface area contributed by atoms with Gasteiger partial charge in [-0.25, -0.2) is 4.98 Å². The van der Waals surface area contributed by atoms with Crippen LogP contribution in [-0.4, -0.2) is 42.0 Å². The third kappa shape index (κ3) is 4.14. The minimum Gasteiger partial charge on any atom is -0.352 e. The van der Waals surface area contributed by atoms with Gasteiger partial charge >= 0.3 is 6.18 Å². The number of halogens is 4. The van der Waals surface area contributed by atoms with Crippen molar-refractivity contribution in [3.05, 3.63) is 58.2 Å². The molecule has 1 aromatic carbocycles. The van der Waals surface area contributed by atoms with Crippen LogP contribution in [0.15, 0.2) is 36.5 Å². The Bertz CT molecular complexity index is 902. The Labute approximate surface area is 158 Å². The molecule has 0 aliphatic carbocycles. The number of rotatable bonds is 2. The van der Waals surface area contributed by atoms with E-state index in [-0.39, 0.29) is 16.7 Å². The first kappa shape index (κ1) is 19.0. The van der Waals surface area contributed by atoms with E-state index in [4.69, 9.17) is 16.9 Å². The Hall–Kier alpha value is -2.79. The van der Waals surface area contributed by atoms with Crippen LogP contribution in [0.2, 0.25) is 5.02 Å². The molecule has 1 aliphatic heterocycles. The Morgan fingerprint density at radius 2 is 1.89 bits per heavy atom. The molecule has 0 N–H and O–H groups in total. The van der Waals surface area contributed by atoms with Gasteiger partial charge in [0.1, 0.15) is 5.82 Å². The molecule has 1 saturated heterocycles. The normalized spacial score (nSPS) is 14.8. The fourth-order valence-corrected chi connectivity index (χ4v) is 3.13. The molecule has 0 unspecified atom stereocenters. The number of pyridine rings is 1. The van der Waals surface area contributed by atoms with Crippen LogP contribution in [0.1, 0.15) is 21.5 Å². The molecular formula is C18H14ClF3N4O. The van der Waals surface area contributed by atoms with Gasteiger partial charge in [-0.1, -0.05) is 17.7 Å². The highest BCUT2D eigenvalue weighted by Crippen LogP contribution is 2.33. The number of anilines is 1. The van der Waals surface area contributed by atoms with E-state index in [2.05, 4.69) is 4.98 Å². The minimum atomic E-state index is -4.50. The zero-order valence-electron chi connectivity index (χ0n) is 14.0.